The van der Waals surface area contributed by atoms with Gasteiger partial charge in [0, 0.05) is 17.8 Å². The van der Waals surface area contributed by atoms with Crippen molar-refractivity contribution in [1.82, 2.24) is 14.9 Å². The lowest BCUT2D eigenvalue weighted by Crippen LogP contribution is -2.25. The van der Waals surface area contributed by atoms with E-state index in [1.54, 1.807) is 0 Å². The highest BCUT2D eigenvalue weighted by atomic mass is 15.1. The molecule has 2 aromatic carbocycles. The summed E-state index contributed by atoms with van der Waals surface area (Å²) in [5.41, 5.74) is 2.44. The van der Waals surface area contributed by atoms with Crippen molar-refractivity contribution in [2.24, 2.45) is 0 Å². The molecule has 1 atom stereocenters. The molecule has 1 N–H and O–H groups in total. The molecule has 4 heteroatoms. The number of benzene rings is 2. The zero-order valence-corrected chi connectivity index (χ0v) is 19.5. The molecule has 0 aliphatic rings. The molecule has 31 heavy (non-hydrogen) atoms. The van der Waals surface area contributed by atoms with Gasteiger partial charge in [-0.1, -0.05) is 56.3 Å². The van der Waals surface area contributed by atoms with Crippen LogP contribution in [0.3, 0.4) is 0 Å². The molecular weight excluding hydrogens is 380 g/mol. The van der Waals surface area contributed by atoms with E-state index >= 15 is 0 Å². The fraction of sp³-hybridized carbons (Fsp3) is 0.481. The fourth-order valence-corrected chi connectivity index (χ4v) is 4.07. The number of anilines is 1. The molecular formula is C27H38N4. The Morgan fingerprint density at radius 3 is 2.32 bits per heavy atom. The Morgan fingerprint density at radius 1 is 0.839 bits per heavy atom. The number of hydrogen-bond donors (Lipinski definition) is 1. The molecule has 1 heterocycles. The Labute approximate surface area is 188 Å². The lowest BCUT2D eigenvalue weighted by molar-refractivity contribution is 0.295. The molecule has 3 rings (SSSR count). The third kappa shape index (κ3) is 7.32. The van der Waals surface area contributed by atoms with Crippen LogP contribution in [0.4, 0.5) is 5.82 Å². The zero-order chi connectivity index (χ0) is 21.9. The Bertz CT molecular complexity index is 906. The molecule has 0 spiro atoms. The lowest BCUT2D eigenvalue weighted by Gasteiger charge is -2.20. The predicted octanol–water partition coefficient (Wildman–Crippen LogP) is 6.12. The van der Waals surface area contributed by atoms with Crippen molar-refractivity contribution in [3.63, 3.8) is 0 Å². The molecule has 0 aliphatic heterocycles. The van der Waals surface area contributed by atoms with Crippen molar-refractivity contribution in [2.45, 2.75) is 65.3 Å². The predicted molar refractivity (Wildman–Crippen MR) is 133 cm³/mol. The highest BCUT2D eigenvalue weighted by Gasteiger charge is 2.11. The van der Waals surface area contributed by atoms with Gasteiger partial charge in [0.25, 0.3) is 0 Å². The number of unbranched alkanes of at least 4 members (excludes halogenated alkanes) is 1. The molecule has 3 aromatic rings. The summed E-state index contributed by atoms with van der Waals surface area (Å²) in [4.78, 5) is 12.3. The molecule has 0 saturated heterocycles. The van der Waals surface area contributed by atoms with Crippen molar-refractivity contribution in [1.29, 1.82) is 0 Å². The van der Waals surface area contributed by atoms with Crippen molar-refractivity contribution in [3.8, 4) is 0 Å². The minimum Gasteiger partial charge on any atom is -0.367 e. The quantitative estimate of drug-likeness (QED) is 0.340. The normalized spacial score (nSPS) is 12.4. The van der Waals surface area contributed by atoms with E-state index < -0.39 is 0 Å². The number of aryl methyl sites for hydroxylation is 2. The number of hydrogen-bond acceptors (Lipinski definition) is 4. The molecule has 166 valence electrons. The van der Waals surface area contributed by atoms with Gasteiger partial charge in [0.05, 0.1) is 5.52 Å². The van der Waals surface area contributed by atoms with Crippen molar-refractivity contribution < 1.29 is 0 Å². The smallest absolute Gasteiger partial charge is 0.137 e. The van der Waals surface area contributed by atoms with Crippen LogP contribution in [0.1, 0.15) is 57.8 Å². The highest BCUT2D eigenvalue weighted by molar-refractivity contribution is 5.89. The minimum absolute atomic E-state index is 0.389. The maximum Gasteiger partial charge on any atom is 0.137 e. The van der Waals surface area contributed by atoms with E-state index in [4.69, 9.17) is 9.97 Å². The van der Waals surface area contributed by atoms with Crippen LogP contribution in [-0.4, -0.2) is 40.5 Å². The number of nitrogens with one attached hydrogen (secondary N) is 1. The first-order chi connectivity index (χ1) is 15.2. The summed E-state index contributed by atoms with van der Waals surface area (Å²) in [6, 6.07) is 19.5. The lowest BCUT2D eigenvalue weighted by atomic mass is 10.1. The van der Waals surface area contributed by atoms with E-state index in [1.807, 2.05) is 0 Å². The summed E-state index contributed by atoms with van der Waals surface area (Å²) in [7, 11) is 0. The third-order valence-electron chi connectivity index (χ3n) is 6.00. The van der Waals surface area contributed by atoms with Crippen molar-refractivity contribution in [2.75, 3.05) is 25.0 Å². The molecule has 0 aliphatic carbocycles. The van der Waals surface area contributed by atoms with E-state index in [-0.39, 0.29) is 0 Å². The Morgan fingerprint density at radius 2 is 1.55 bits per heavy atom. The van der Waals surface area contributed by atoms with E-state index in [0.29, 0.717) is 6.04 Å². The average Bonchev–Trinajstić information content (AvgIpc) is 2.80. The second kappa shape index (κ2) is 12.4. The first-order valence-electron chi connectivity index (χ1n) is 12.0. The molecule has 0 fully saturated rings. The van der Waals surface area contributed by atoms with Crippen LogP contribution in [0.25, 0.3) is 10.9 Å². The molecule has 0 radical (unpaired) electrons. The van der Waals surface area contributed by atoms with Crippen LogP contribution in [0.5, 0.6) is 0 Å². The highest BCUT2D eigenvalue weighted by Crippen LogP contribution is 2.22. The number of para-hydroxylation sites is 1. The van der Waals surface area contributed by atoms with Crippen LogP contribution in [0.2, 0.25) is 0 Å². The number of fused-ring (bicyclic) bond motifs is 1. The van der Waals surface area contributed by atoms with Gasteiger partial charge in [0.2, 0.25) is 0 Å². The van der Waals surface area contributed by atoms with Crippen LogP contribution in [0.15, 0.2) is 54.6 Å². The van der Waals surface area contributed by atoms with Gasteiger partial charge < -0.3 is 10.2 Å². The van der Waals surface area contributed by atoms with E-state index in [2.05, 4.69) is 85.6 Å². The third-order valence-corrected chi connectivity index (χ3v) is 6.00. The number of rotatable bonds is 13. The first-order valence-corrected chi connectivity index (χ1v) is 12.0. The molecule has 0 bridgehead atoms. The molecule has 0 amide bonds. The van der Waals surface area contributed by atoms with Crippen LogP contribution >= 0.6 is 0 Å². The average molecular weight is 419 g/mol. The standard InChI is InChI=1S/C27H38N4/c1-4-31(5-2)21-13-14-22(3)28-27-24-18-10-11-19-25(24)29-26(30-27)20-12-9-17-23-15-7-6-8-16-23/h6-8,10-11,15-16,18-19,22H,4-5,9,12-14,17,20-21H2,1-3H3,(H,28,29,30). The largest absolute Gasteiger partial charge is 0.367 e. The van der Waals surface area contributed by atoms with Gasteiger partial charge in [0.15, 0.2) is 0 Å². The van der Waals surface area contributed by atoms with Gasteiger partial charge in [-0.05, 0) is 76.4 Å². The van der Waals surface area contributed by atoms with E-state index in [0.717, 1.165) is 74.3 Å². The van der Waals surface area contributed by atoms with Gasteiger partial charge in [0.1, 0.15) is 11.6 Å². The number of nitrogens with zero attached hydrogens (tertiary/aromatic N) is 3. The van der Waals surface area contributed by atoms with Crippen molar-refractivity contribution >= 4 is 16.7 Å². The van der Waals surface area contributed by atoms with Gasteiger partial charge in [-0.25, -0.2) is 9.97 Å². The second-order valence-electron chi connectivity index (χ2n) is 8.41. The van der Waals surface area contributed by atoms with Gasteiger partial charge >= 0.3 is 0 Å². The van der Waals surface area contributed by atoms with Gasteiger partial charge in [-0.2, -0.15) is 0 Å². The zero-order valence-electron chi connectivity index (χ0n) is 19.5. The maximum atomic E-state index is 4.93. The number of aromatic nitrogens is 2. The Kier molecular flexibility index (Phi) is 9.29. The van der Waals surface area contributed by atoms with Crippen LogP contribution in [-0.2, 0) is 12.8 Å². The monoisotopic (exact) mass is 418 g/mol. The van der Waals surface area contributed by atoms with E-state index in [1.165, 1.54) is 12.0 Å². The summed E-state index contributed by atoms with van der Waals surface area (Å²) in [5.74, 6) is 1.93. The summed E-state index contributed by atoms with van der Waals surface area (Å²) in [6.45, 7) is 10.2. The topological polar surface area (TPSA) is 41.0 Å². The molecule has 0 saturated carbocycles. The first kappa shape index (κ1) is 23.2. The SMILES string of the molecule is CCN(CC)CCCC(C)Nc1nc(CCCCc2ccccc2)nc2ccccc12. The fourth-order valence-electron chi connectivity index (χ4n) is 4.07. The summed E-state index contributed by atoms with van der Waals surface area (Å²) >= 11 is 0. The van der Waals surface area contributed by atoms with E-state index in [9.17, 15) is 0 Å². The molecule has 4 nitrogen and oxygen atoms in total. The molecule has 1 unspecified atom stereocenters. The molecule has 1 aromatic heterocycles. The second-order valence-corrected chi connectivity index (χ2v) is 8.41. The van der Waals surface area contributed by atoms with Crippen LogP contribution in [0, 0.1) is 0 Å². The summed E-state index contributed by atoms with van der Waals surface area (Å²) < 4.78 is 0. The van der Waals surface area contributed by atoms with Crippen molar-refractivity contribution in [3.05, 3.63) is 66.0 Å². The van der Waals surface area contributed by atoms with Gasteiger partial charge in [-0.3, -0.25) is 0 Å². The summed E-state index contributed by atoms with van der Waals surface area (Å²) in [5, 5.41) is 4.80. The van der Waals surface area contributed by atoms with Crippen LogP contribution < -0.4 is 5.32 Å². The summed E-state index contributed by atoms with van der Waals surface area (Å²) in [6.07, 6.45) is 6.63. The minimum atomic E-state index is 0.389. The Balaban J connectivity index is 1.59. The Hall–Kier alpha value is -2.46. The maximum absolute atomic E-state index is 4.93. The van der Waals surface area contributed by atoms with Gasteiger partial charge in [-0.15, -0.1) is 0 Å².